The van der Waals surface area contributed by atoms with E-state index in [1.54, 1.807) is 4.57 Å². The lowest BCUT2D eigenvalue weighted by Crippen LogP contribution is -2.35. The Kier molecular flexibility index (Phi) is 4.23. The summed E-state index contributed by atoms with van der Waals surface area (Å²) < 4.78 is 3.54. The second-order valence-electron chi connectivity index (χ2n) is 6.65. The van der Waals surface area contributed by atoms with Crippen LogP contribution in [0.1, 0.15) is 30.1 Å². The number of aryl methyl sites for hydroxylation is 1. The van der Waals surface area contributed by atoms with E-state index in [0.717, 1.165) is 44.0 Å². The van der Waals surface area contributed by atoms with Crippen LogP contribution in [0.5, 0.6) is 0 Å². The van der Waals surface area contributed by atoms with Gasteiger partial charge < -0.3 is 0 Å². The van der Waals surface area contributed by atoms with Crippen LogP contribution in [0.2, 0.25) is 0 Å². The van der Waals surface area contributed by atoms with Crippen LogP contribution in [0, 0.1) is 0 Å². The van der Waals surface area contributed by atoms with Crippen molar-refractivity contribution >= 4 is 0 Å². The average Bonchev–Trinajstić information content (AvgIpc) is 3.21. The maximum atomic E-state index is 12.3. The van der Waals surface area contributed by atoms with Gasteiger partial charge in [-0.25, -0.2) is 14.5 Å². The molecule has 1 atom stereocenters. The topological polar surface area (TPSA) is 71.7 Å². The number of hydrogen-bond donors (Lipinski definition) is 1. The lowest BCUT2D eigenvalue weighted by atomic mass is 9.96. The van der Waals surface area contributed by atoms with Gasteiger partial charge in [0.25, 0.3) is 0 Å². The summed E-state index contributed by atoms with van der Waals surface area (Å²) in [6.45, 7) is 2.84. The molecule has 1 saturated heterocycles. The molecule has 1 aliphatic rings. The predicted octanol–water partition coefficient (Wildman–Crippen LogP) is 1.67. The zero-order chi connectivity index (χ0) is 17.2. The first-order valence-corrected chi connectivity index (χ1v) is 8.63. The van der Waals surface area contributed by atoms with E-state index in [0.29, 0.717) is 0 Å². The molecular formula is C18H22N6O. The third kappa shape index (κ3) is 3.28. The number of piperidine rings is 1. The first-order valence-electron chi connectivity index (χ1n) is 8.63. The largest absolute Gasteiger partial charge is 0.347 e. The van der Waals surface area contributed by atoms with Crippen LogP contribution in [0.3, 0.4) is 0 Å². The van der Waals surface area contributed by atoms with Crippen LogP contribution in [0.15, 0.2) is 47.5 Å². The van der Waals surface area contributed by atoms with Gasteiger partial charge in [0.15, 0.2) is 0 Å². The molecule has 2 aromatic heterocycles. The fourth-order valence-electron chi connectivity index (χ4n) is 3.63. The summed E-state index contributed by atoms with van der Waals surface area (Å²) in [4.78, 5) is 14.7. The van der Waals surface area contributed by atoms with Gasteiger partial charge in [0, 0.05) is 37.8 Å². The van der Waals surface area contributed by atoms with E-state index < -0.39 is 0 Å². The lowest BCUT2D eigenvalue weighted by molar-refractivity contribution is 0.195. The highest BCUT2D eigenvalue weighted by atomic mass is 16.1. The Balaban J connectivity index is 1.57. The molecule has 0 saturated carbocycles. The van der Waals surface area contributed by atoms with Crippen LogP contribution in [-0.4, -0.2) is 42.5 Å². The molecule has 3 heterocycles. The van der Waals surface area contributed by atoms with Gasteiger partial charge in [-0.2, -0.15) is 10.2 Å². The Morgan fingerprint density at radius 2 is 2.12 bits per heavy atom. The number of para-hydroxylation sites is 1. The molecule has 7 heteroatoms. The molecule has 0 bridgehead atoms. The summed E-state index contributed by atoms with van der Waals surface area (Å²) in [5, 5.41) is 11.2. The molecule has 0 radical (unpaired) electrons. The van der Waals surface area contributed by atoms with E-state index in [2.05, 4.69) is 26.4 Å². The maximum Gasteiger partial charge on any atom is 0.347 e. The van der Waals surface area contributed by atoms with E-state index in [1.807, 2.05) is 48.3 Å². The van der Waals surface area contributed by atoms with Crippen molar-refractivity contribution in [2.75, 3.05) is 13.1 Å². The Hall–Kier alpha value is -2.67. The first kappa shape index (κ1) is 15.8. The molecule has 1 aliphatic heterocycles. The number of aromatic nitrogens is 5. The van der Waals surface area contributed by atoms with Gasteiger partial charge in [-0.15, -0.1) is 0 Å². The second kappa shape index (κ2) is 6.68. The van der Waals surface area contributed by atoms with E-state index in [9.17, 15) is 4.79 Å². The summed E-state index contributed by atoms with van der Waals surface area (Å²) in [6.07, 6.45) is 6.11. The quantitative estimate of drug-likeness (QED) is 0.785. The molecule has 0 spiro atoms. The summed E-state index contributed by atoms with van der Waals surface area (Å²) in [5.41, 5.74) is 1.90. The minimum atomic E-state index is -0.175. The van der Waals surface area contributed by atoms with Crippen molar-refractivity contribution in [3.8, 4) is 5.69 Å². The summed E-state index contributed by atoms with van der Waals surface area (Å²) in [6, 6.07) is 9.71. The molecule has 130 valence electrons. The zero-order valence-electron chi connectivity index (χ0n) is 14.3. The monoisotopic (exact) mass is 338 g/mol. The van der Waals surface area contributed by atoms with Crippen LogP contribution in [0.4, 0.5) is 0 Å². The molecular weight excluding hydrogens is 316 g/mol. The summed E-state index contributed by atoms with van der Waals surface area (Å²) >= 11 is 0. The lowest BCUT2D eigenvalue weighted by Gasteiger charge is -2.31. The Labute approximate surface area is 145 Å². The van der Waals surface area contributed by atoms with Crippen LogP contribution in [0.25, 0.3) is 5.69 Å². The predicted molar refractivity (Wildman–Crippen MR) is 94.6 cm³/mol. The molecule has 0 amide bonds. The van der Waals surface area contributed by atoms with Crippen molar-refractivity contribution in [2.24, 2.45) is 7.05 Å². The molecule has 25 heavy (non-hydrogen) atoms. The summed E-state index contributed by atoms with van der Waals surface area (Å²) in [7, 11) is 1.94. The molecule has 1 fully saturated rings. The minimum Gasteiger partial charge on any atom is -0.298 e. The third-order valence-electron chi connectivity index (χ3n) is 4.75. The van der Waals surface area contributed by atoms with Gasteiger partial charge in [-0.05, 0) is 31.5 Å². The highest BCUT2D eigenvalue weighted by Crippen LogP contribution is 2.27. The van der Waals surface area contributed by atoms with Crippen LogP contribution >= 0.6 is 0 Å². The standard InChI is InChI=1S/C18H22N6O/c1-22-11-14(10-19-22)12-23-9-5-6-15(13-23)17-20-21-18(25)24(17)16-7-3-2-4-8-16/h2-4,7-8,10-11,15H,5-6,9,12-13H2,1H3,(H,21,25)/t15-/m1/s1. The van der Waals surface area contributed by atoms with Crippen molar-refractivity contribution in [1.82, 2.24) is 29.4 Å². The Morgan fingerprint density at radius 1 is 1.28 bits per heavy atom. The van der Waals surface area contributed by atoms with Gasteiger partial charge in [-0.3, -0.25) is 9.58 Å². The fraction of sp³-hybridized carbons (Fsp3) is 0.389. The van der Waals surface area contributed by atoms with E-state index in [-0.39, 0.29) is 11.6 Å². The van der Waals surface area contributed by atoms with Crippen molar-refractivity contribution in [1.29, 1.82) is 0 Å². The highest BCUT2D eigenvalue weighted by molar-refractivity contribution is 5.32. The number of rotatable bonds is 4. The number of nitrogens with zero attached hydrogens (tertiary/aromatic N) is 5. The number of H-pyrrole nitrogens is 1. The van der Waals surface area contributed by atoms with E-state index in [1.165, 1.54) is 5.56 Å². The maximum absolute atomic E-state index is 12.3. The van der Waals surface area contributed by atoms with Crippen LogP contribution in [-0.2, 0) is 13.6 Å². The van der Waals surface area contributed by atoms with E-state index in [4.69, 9.17) is 0 Å². The molecule has 7 nitrogen and oxygen atoms in total. The van der Waals surface area contributed by atoms with Gasteiger partial charge in [0.2, 0.25) is 0 Å². The van der Waals surface area contributed by atoms with Crippen molar-refractivity contribution in [2.45, 2.75) is 25.3 Å². The van der Waals surface area contributed by atoms with Crippen LogP contribution < -0.4 is 5.69 Å². The molecule has 0 aliphatic carbocycles. The number of likely N-dealkylation sites (tertiary alicyclic amines) is 1. The average molecular weight is 338 g/mol. The molecule has 1 aromatic carbocycles. The molecule has 0 unspecified atom stereocenters. The molecule has 1 N–H and O–H groups in total. The second-order valence-corrected chi connectivity index (χ2v) is 6.65. The number of hydrogen-bond acceptors (Lipinski definition) is 4. The third-order valence-corrected chi connectivity index (χ3v) is 4.75. The molecule has 4 rings (SSSR count). The first-order chi connectivity index (χ1) is 12.2. The summed E-state index contributed by atoms with van der Waals surface area (Å²) in [5.74, 6) is 1.07. The van der Waals surface area contributed by atoms with Crippen molar-refractivity contribution in [3.05, 3.63) is 64.6 Å². The minimum absolute atomic E-state index is 0.175. The Morgan fingerprint density at radius 3 is 2.88 bits per heavy atom. The SMILES string of the molecule is Cn1cc(CN2CCC[C@@H](c3n[nH]c(=O)n3-c3ccccc3)C2)cn1. The number of benzene rings is 1. The van der Waals surface area contributed by atoms with E-state index >= 15 is 0 Å². The number of nitrogens with one attached hydrogen (secondary N) is 1. The van der Waals surface area contributed by atoms with Crippen molar-refractivity contribution < 1.29 is 0 Å². The smallest absolute Gasteiger partial charge is 0.298 e. The van der Waals surface area contributed by atoms with Gasteiger partial charge in [0.1, 0.15) is 5.82 Å². The highest BCUT2D eigenvalue weighted by Gasteiger charge is 2.26. The zero-order valence-corrected chi connectivity index (χ0v) is 14.3. The fourth-order valence-corrected chi connectivity index (χ4v) is 3.63. The normalized spacial score (nSPS) is 18.5. The Bertz CT molecular complexity index is 894. The molecule has 3 aromatic rings. The van der Waals surface area contributed by atoms with Gasteiger partial charge in [0.05, 0.1) is 11.9 Å². The van der Waals surface area contributed by atoms with Gasteiger partial charge >= 0.3 is 5.69 Å². The number of aromatic amines is 1. The van der Waals surface area contributed by atoms with Gasteiger partial charge in [-0.1, -0.05) is 18.2 Å². The van der Waals surface area contributed by atoms with Crippen molar-refractivity contribution in [3.63, 3.8) is 0 Å².